The molecule has 26 heavy (non-hydrogen) atoms. The number of thiophene rings is 1. The predicted octanol–water partition coefficient (Wildman–Crippen LogP) is 4.35. The Morgan fingerprint density at radius 3 is 2.15 bits per heavy atom. The molecule has 1 heterocycles. The van der Waals surface area contributed by atoms with Gasteiger partial charge in [0.05, 0.1) is 11.1 Å². The number of rotatable bonds is 5. The van der Waals surface area contributed by atoms with E-state index in [0.717, 1.165) is 22.9 Å². The minimum Gasteiger partial charge on any atom is -0.321 e. The second kappa shape index (κ2) is 7.31. The zero-order chi connectivity index (χ0) is 18.7. The predicted molar refractivity (Wildman–Crippen MR) is 107 cm³/mol. The van der Waals surface area contributed by atoms with Crippen LogP contribution in [0.2, 0.25) is 0 Å². The van der Waals surface area contributed by atoms with E-state index >= 15 is 0 Å². The molecule has 1 amide bonds. The molecule has 0 spiro atoms. The number of carbonyl (C=O) groups excluding carboxylic acids is 1. The minimum atomic E-state index is -3.32. The smallest absolute Gasteiger partial charge is 0.266 e. The summed E-state index contributed by atoms with van der Waals surface area (Å²) in [6.07, 6.45) is 1.09. The highest BCUT2D eigenvalue weighted by molar-refractivity contribution is 7.92. The third-order valence-electron chi connectivity index (χ3n) is 3.68. The van der Waals surface area contributed by atoms with Gasteiger partial charge in [-0.2, -0.15) is 0 Å². The number of carbonyl (C=O) groups is 1. The lowest BCUT2D eigenvalue weighted by Crippen LogP contribution is -2.12. The van der Waals surface area contributed by atoms with Crippen molar-refractivity contribution < 1.29 is 13.2 Å². The lowest BCUT2D eigenvalue weighted by molar-refractivity contribution is 0.103. The van der Waals surface area contributed by atoms with Gasteiger partial charge < -0.3 is 5.32 Å². The number of hydrogen-bond acceptors (Lipinski definition) is 4. The number of anilines is 2. The monoisotopic (exact) mass is 386 g/mol. The maximum Gasteiger partial charge on any atom is 0.266 e. The number of sulfonamides is 1. The van der Waals surface area contributed by atoms with Gasteiger partial charge in [-0.05, 0) is 48.2 Å². The van der Waals surface area contributed by atoms with Crippen LogP contribution in [0.4, 0.5) is 11.4 Å². The highest BCUT2D eigenvalue weighted by Crippen LogP contribution is 2.29. The van der Waals surface area contributed by atoms with Gasteiger partial charge in [0.25, 0.3) is 5.91 Å². The summed E-state index contributed by atoms with van der Waals surface area (Å²) in [5.41, 5.74) is 4.09. The van der Waals surface area contributed by atoms with E-state index in [-0.39, 0.29) is 5.91 Å². The Labute approximate surface area is 156 Å². The summed E-state index contributed by atoms with van der Waals surface area (Å²) in [5.74, 6) is -0.195. The van der Waals surface area contributed by atoms with E-state index in [1.807, 2.05) is 42.6 Å². The Balaban J connectivity index is 1.77. The van der Waals surface area contributed by atoms with Gasteiger partial charge in [-0.25, -0.2) is 8.42 Å². The molecule has 0 saturated carbocycles. The van der Waals surface area contributed by atoms with E-state index < -0.39 is 10.0 Å². The molecule has 5 nitrogen and oxygen atoms in total. The second-order valence-corrected chi connectivity index (χ2v) is 8.60. The molecule has 3 rings (SSSR count). The molecule has 1 aromatic heterocycles. The Morgan fingerprint density at radius 2 is 1.54 bits per heavy atom. The summed E-state index contributed by atoms with van der Waals surface area (Å²) < 4.78 is 24.9. The topological polar surface area (TPSA) is 75.3 Å². The molecule has 2 aromatic carbocycles. The average molecular weight is 386 g/mol. The van der Waals surface area contributed by atoms with Crippen molar-refractivity contribution in [3.05, 3.63) is 70.4 Å². The average Bonchev–Trinajstić information content (AvgIpc) is 3.06. The molecule has 0 fully saturated rings. The zero-order valence-electron chi connectivity index (χ0n) is 14.3. The van der Waals surface area contributed by atoms with E-state index in [1.54, 1.807) is 24.3 Å². The molecule has 3 aromatic rings. The first-order chi connectivity index (χ1) is 12.3. The third kappa shape index (κ3) is 4.50. The van der Waals surface area contributed by atoms with Gasteiger partial charge in [-0.1, -0.05) is 29.8 Å². The molecule has 0 aliphatic rings. The van der Waals surface area contributed by atoms with Crippen molar-refractivity contribution in [2.45, 2.75) is 6.92 Å². The van der Waals surface area contributed by atoms with Gasteiger partial charge in [0.2, 0.25) is 10.0 Å². The Bertz CT molecular complexity index is 1020. The van der Waals surface area contributed by atoms with Crippen LogP contribution >= 0.6 is 11.3 Å². The van der Waals surface area contributed by atoms with Crippen LogP contribution < -0.4 is 10.0 Å². The van der Waals surface area contributed by atoms with Crippen molar-refractivity contribution >= 4 is 38.6 Å². The number of nitrogens with one attached hydrogen (secondary N) is 2. The largest absolute Gasteiger partial charge is 0.321 e. The number of amides is 1. The lowest BCUT2D eigenvalue weighted by Gasteiger charge is -2.08. The lowest BCUT2D eigenvalue weighted by atomic mass is 10.0. The van der Waals surface area contributed by atoms with Crippen LogP contribution in [0, 0.1) is 6.92 Å². The first-order valence-corrected chi connectivity index (χ1v) is 10.6. The highest BCUT2D eigenvalue weighted by Gasteiger charge is 2.15. The number of benzene rings is 2. The zero-order valence-corrected chi connectivity index (χ0v) is 15.9. The fourth-order valence-electron chi connectivity index (χ4n) is 2.47. The molecule has 0 radical (unpaired) electrons. The maximum absolute atomic E-state index is 12.6. The molecular formula is C19H18N2O3S2. The van der Waals surface area contributed by atoms with E-state index in [9.17, 15) is 13.2 Å². The minimum absolute atomic E-state index is 0.195. The maximum atomic E-state index is 12.6. The molecule has 0 aliphatic heterocycles. The second-order valence-electron chi connectivity index (χ2n) is 5.94. The normalized spacial score (nSPS) is 11.2. The van der Waals surface area contributed by atoms with Crippen molar-refractivity contribution in [3.63, 3.8) is 0 Å². The van der Waals surface area contributed by atoms with Crippen LogP contribution in [0.3, 0.4) is 0 Å². The van der Waals surface area contributed by atoms with Crippen molar-refractivity contribution in [2.75, 3.05) is 16.3 Å². The molecule has 0 atom stereocenters. The van der Waals surface area contributed by atoms with E-state index in [1.165, 1.54) is 11.3 Å². The molecule has 2 N–H and O–H groups in total. The Morgan fingerprint density at radius 1 is 0.923 bits per heavy atom. The van der Waals surface area contributed by atoms with Crippen molar-refractivity contribution in [2.24, 2.45) is 0 Å². The highest BCUT2D eigenvalue weighted by atomic mass is 32.2. The van der Waals surface area contributed by atoms with Gasteiger partial charge in [0.1, 0.15) is 0 Å². The summed E-state index contributed by atoms with van der Waals surface area (Å²) in [4.78, 5) is 13.3. The van der Waals surface area contributed by atoms with Crippen LogP contribution in [0.15, 0.2) is 60.0 Å². The van der Waals surface area contributed by atoms with Crippen molar-refractivity contribution in [1.29, 1.82) is 0 Å². The quantitative estimate of drug-likeness (QED) is 0.685. The van der Waals surface area contributed by atoms with Crippen molar-refractivity contribution in [3.8, 4) is 11.1 Å². The van der Waals surface area contributed by atoms with Crippen LogP contribution in [-0.2, 0) is 10.0 Å². The first-order valence-electron chi connectivity index (χ1n) is 7.85. The van der Waals surface area contributed by atoms with E-state index in [4.69, 9.17) is 0 Å². The van der Waals surface area contributed by atoms with E-state index in [0.29, 0.717) is 16.3 Å². The first kappa shape index (κ1) is 18.2. The fraction of sp³-hybridized carbons (Fsp3) is 0.105. The standard InChI is InChI=1S/C19H18N2O3S2/c1-13-3-5-14(6-4-13)17-11-12-25-18(17)19(22)20-15-7-9-16(10-8-15)21-26(2,23)24/h3-12,21H,1-2H3,(H,20,22). The SMILES string of the molecule is Cc1ccc(-c2ccsc2C(=O)Nc2ccc(NS(C)(=O)=O)cc2)cc1. The van der Waals surface area contributed by atoms with E-state index in [2.05, 4.69) is 10.0 Å². The number of aryl methyl sites for hydroxylation is 1. The summed E-state index contributed by atoms with van der Waals surface area (Å²) in [6, 6.07) is 16.5. The van der Waals surface area contributed by atoms with Gasteiger partial charge in [-0.15, -0.1) is 11.3 Å². The van der Waals surface area contributed by atoms with Crippen LogP contribution in [0.25, 0.3) is 11.1 Å². The Kier molecular flexibility index (Phi) is 5.11. The molecule has 134 valence electrons. The molecular weight excluding hydrogens is 368 g/mol. The summed E-state index contributed by atoms with van der Waals surface area (Å²) in [6.45, 7) is 2.02. The van der Waals surface area contributed by atoms with Gasteiger partial charge >= 0.3 is 0 Å². The van der Waals surface area contributed by atoms with Crippen LogP contribution in [0.1, 0.15) is 15.2 Å². The van der Waals surface area contributed by atoms with Crippen LogP contribution in [-0.4, -0.2) is 20.6 Å². The molecule has 7 heteroatoms. The molecule has 0 saturated heterocycles. The third-order valence-corrected chi connectivity index (χ3v) is 5.20. The van der Waals surface area contributed by atoms with Gasteiger partial charge in [0, 0.05) is 16.9 Å². The summed E-state index contributed by atoms with van der Waals surface area (Å²) >= 11 is 1.38. The van der Waals surface area contributed by atoms with Crippen LogP contribution in [0.5, 0.6) is 0 Å². The number of hydrogen-bond donors (Lipinski definition) is 2. The van der Waals surface area contributed by atoms with Crippen molar-refractivity contribution in [1.82, 2.24) is 0 Å². The van der Waals surface area contributed by atoms with Gasteiger partial charge in [0.15, 0.2) is 0 Å². The molecule has 0 unspecified atom stereocenters. The molecule has 0 aliphatic carbocycles. The molecule has 0 bridgehead atoms. The fourth-order valence-corrected chi connectivity index (χ4v) is 3.84. The summed E-state index contributed by atoms with van der Waals surface area (Å²) in [7, 11) is -3.32. The Hall–Kier alpha value is -2.64. The van der Waals surface area contributed by atoms with Gasteiger partial charge in [-0.3, -0.25) is 9.52 Å². The summed E-state index contributed by atoms with van der Waals surface area (Å²) in [5, 5.41) is 4.74.